The molecule has 0 bridgehead atoms. The molecule has 9 heteroatoms. The number of aromatic nitrogens is 1. The number of carbonyl (C=O) groups excluding carboxylic acids is 1. The van der Waals surface area contributed by atoms with Gasteiger partial charge in [0.25, 0.3) is 10.2 Å². The zero-order chi connectivity index (χ0) is 29.7. The molecule has 0 spiro atoms. The number of hydrogen-bond acceptors (Lipinski definition) is 5. The molecule has 5 rings (SSSR count). The first-order valence-electron chi connectivity index (χ1n) is 14.2. The van der Waals surface area contributed by atoms with Crippen molar-refractivity contribution in [3.63, 3.8) is 0 Å². The van der Waals surface area contributed by atoms with Gasteiger partial charge in [0.05, 0.1) is 7.11 Å². The quantitative estimate of drug-likeness (QED) is 0.180. The van der Waals surface area contributed by atoms with Crippen molar-refractivity contribution < 1.29 is 17.9 Å². The molecule has 1 aliphatic carbocycles. The summed E-state index contributed by atoms with van der Waals surface area (Å²) < 4.78 is 32.7. The number of aromatic amines is 1. The lowest BCUT2D eigenvalue weighted by molar-refractivity contribution is -0.134. The molecule has 2 N–H and O–H groups in total. The number of esters is 1. The average molecular weight is 587 g/mol. The number of methoxy groups -OCH3 is 1. The maximum atomic E-state index is 12.1. The Hall–Kier alpha value is -3.76. The highest BCUT2D eigenvalue weighted by molar-refractivity contribution is 7.87. The highest BCUT2D eigenvalue weighted by Crippen LogP contribution is 2.37. The normalized spacial score (nSPS) is 15.2. The summed E-state index contributed by atoms with van der Waals surface area (Å²) in [6, 6.07) is 23.3. The van der Waals surface area contributed by atoms with E-state index in [0.717, 1.165) is 49.0 Å². The van der Waals surface area contributed by atoms with Gasteiger partial charge >= 0.3 is 5.97 Å². The molecule has 220 valence electrons. The molecular formula is C33H38N4O4S. The summed E-state index contributed by atoms with van der Waals surface area (Å²) in [4.78, 5) is 17.5. The van der Waals surface area contributed by atoms with Gasteiger partial charge in [-0.05, 0) is 64.8 Å². The first kappa shape index (κ1) is 29.7. The van der Waals surface area contributed by atoms with Crippen molar-refractivity contribution in [3.05, 3.63) is 112 Å². The number of carbonyl (C=O) groups is 1. The van der Waals surface area contributed by atoms with Crippen LogP contribution in [0.2, 0.25) is 0 Å². The van der Waals surface area contributed by atoms with Crippen molar-refractivity contribution in [3.8, 4) is 0 Å². The number of fused-ring (bicyclic) bond motifs is 2. The highest BCUT2D eigenvalue weighted by Gasteiger charge is 2.28. The number of benzene rings is 3. The standard InChI is InChI=1S/C33H38N4O4S/c1-36(2)42(39,40)35-21-25-8-10-26(11-9-25)23-37(19-18-28-22-34-31-7-5-4-6-29(28)31)32-16-14-27-20-24(12-15-30(27)32)13-17-33(38)41-3/h4-13,15,17,20,22,32,34-35H,14,16,18-19,21,23H2,1-3H3/b17-13+. The first-order chi connectivity index (χ1) is 20.2. The SMILES string of the molecule is COC(=O)/C=C/c1ccc2c(c1)CCC2N(CCc1c[nH]c2ccccc12)Cc1ccc(CNS(=O)(=O)N(C)C)cc1. The van der Waals surface area contributed by atoms with E-state index in [4.69, 9.17) is 4.74 Å². The fourth-order valence-corrected chi connectivity index (χ4v) is 6.19. The Morgan fingerprint density at radius 3 is 2.60 bits per heavy atom. The molecule has 1 aliphatic rings. The molecule has 0 saturated heterocycles. The summed E-state index contributed by atoms with van der Waals surface area (Å²) >= 11 is 0. The summed E-state index contributed by atoms with van der Waals surface area (Å²) in [7, 11) is 0.926. The van der Waals surface area contributed by atoms with Crippen LogP contribution in [-0.4, -0.2) is 56.3 Å². The largest absolute Gasteiger partial charge is 0.466 e. The van der Waals surface area contributed by atoms with Gasteiger partial charge in [0.1, 0.15) is 0 Å². The van der Waals surface area contributed by atoms with Gasteiger partial charge in [0.15, 0.2) is 0 Å². The Kier molecular flexibility index (Phi) is 9.23. The van der Waals surface area contributed by atoms with Crippen LogP contribution in [-0.2, 0) is 45.7 Å². The van der Waals surface area contributed by atoms with E-state index in [9.17, 15) is 13.2 Å². The van der Waals surface area contributed by atoms with Gasteiger partial charge in [-0.25, -0.2) is 4.79 Å². The van der Waals surface area contributed by atoms with E-state index < -0.39 is 10.2 Å². The molecule has 0 amide bonds. The fraction of sp³-hybridized carbons (Fsp3) is 0.303. The third-order valence-electron chi connectivity index (χ3n) is 7.96. The molecule has 0 fully saturated rings. The molecule has 1 aromatic heterocycles. The molecule has 4 aromatic rings. The van der Waals surface area contributed by atoms with Crippen LogP contribution in [0.25, 0.3) is 17.0 Å². The van der Waals surface area contributed by atoms with Crippen molar-refractivity contribution in [1.82, 2.24) is 18.9 Å². The van der Waals surface area contributed by atoms with Gasteiger partial charge in [-0.15, -0.1) is 0 Å². The van der Waals surface area contributed by atoms with E-state index in [1.165, 1.54) is 59.2 Å². The summed E-state index contributed by atoms with van der Waals surface area (Å²) in [5, 5.41) is 1.26. The molecule has 1 heterocycles. The Morgan fingerprint density at radius 2 is 1.83 bits per heavy atom. The average Bonchev–Trinajstić information content (AvgIpc) is 3.61. The Balaban J connectivity index is 1.35. The highest BCUT2D eigenvalue weighted by atomic mass is 32.2. The molecule has 1 unspecified atom stereocenters. The van der Waals surface area contributed by atoms with Gasteiger partial charge in [-0.3, -0.25) is 4.90 Å². The molecule has 3 aromatic carbocycles. The van der Waals surface area contributed by atoms with Crippen molar-refractivity contribution in [2.45, 2.75) is 38.4 Å². The fourth-order valence-electron chi connectivity index (χ4n) is 5.58. The van der Waals surface area contributed by atoms with Crippen LogP contribution in [0.4, 0.5) is 0 Å². The van der Waals surface area contributed by atoms with E-state index in [1.807, 2.05) is 18.2 Å². The second-order valence-corrected chi connectivity index (χ2v) is 12.8. The summed E-state index contributed by atoms with van der Waals surface area (Å²) in [6.45, 7) is 1.91. The summed E-state index contributed by atoms with van der Waals surface area (Å²) in [5.74, 6) is -0.363. The Bertz CT molecular complexity index is 1680. The number of aryl methyl sites for hydroxylation is 1. The van der Waals surface area contributed by atoms with Crippen LogP contribution < -0.4 is 4.72 Å². The number of nitrogens with zero attached hydrogens (tertiary/aromatic N) is 2. The maximum absolute atomic E-state index is 12.1. The van der Waals surface area contributed by atoms with Crippen LogP contribution in [0, 0.1) is 0 Å². The van der Waals surface area contributed by atoms with Gasteiger partial charge in [0, 0.05) is 62.9 Å². The van der Waals surface area contributed by atoms with Crippen LogP contribution in [0.15, 0.2) is 79.0 Å². The Labute approximate surface area is 248 Å². The summed E-state index contributed by atoms with van der Waals surface area (Å²) in [6.07, 6.45) is 8.30. The van der Waals surface area contributed by atoms with Crippen molar-refractivity contribution in [2.75, 3.05) is 27.7 Å². The van der Waals surface area contributed by atoms with Gasteiger partial charge in [-0.2, -0.15) is 17.4 Å². The second-order valence-electron chi connectivity index (χ2n) is 10.9. The lowest BCUT2D eigenvalue weighted by Crippen LogP contribution is -2.35. The van der Waals surface area contributed by atoms with Crippen molar-refractivity contribution in [1.29, 1.82) is 0 Å². The zero-order valence-corrected chi connectivity index (χ0v) is 25.2. The monoisotopic (exact) mass is 586 g/mol. The molecule has 8 nitrogen and oxygen atoms in total. The third kappa shape index (κ3) is 6.99. The minimum Gasteiger partial charge on any atom is -0.466 e. The predicted molar refractivity (Wildman–Crippen MR) is 167 cm³/mol. The zero-order valence-electron chi connectivity index (χ0n) is 24.3. The van der Waals surface area contributed by atoms with Gasteiger partial charge in [0.2, 0.25) is 0 Å². The predicted octanol–water partition coefficient (Wildman–Crippen LogP) is 4.98. The van der Waals surface area contributed by atoms with E-state index in [1.54, 1.807) is 6.08 Å². The van der Waals surface area contributed by atoms with Crippen molar-refractivity contribution >= 4 is 33.2 Å². The van der Waals surface area contributed by atoms with Gasteiger partial charge in [-0.1, -0.05) is 60.7 Å². The number of rotatable bonds is 12. The Morgan fingerprint density at radius 1 is 1.07 bits per heavy atom. The van der Waals surface area contributed by atoms with Crippen LogP contribution >= 0.6 is 0 Å². The van der Waals surface area contributed by atoms with Crippen LogP contribution in [0.3, 0.4) is 0 Å². The maximum Gasteiger partial charge on any atom is 0.330 e. The molecule has 0 radical (unpaired) electrons. The molecule has 0 saturated carbocycles. The van der Waals surface area contributed by atoms with E-state index in [-0.39, 0.29) is 18.6 Å². The molecular weight excluding hydrogens is 548 g/mol. The van der Waals surface area contributed by atoms with Crippen LogP contribution in [0.5, 0.6) is 0 Å². The first-order valence-corrected chi connectivity index (χ1v) is 15.6. The number of H-pyrrole nitrogens is 1. The smallest absolute Gasteiger partial charge is 0.330 e. The van der Waals surface area contributed by atoms with Crippen molar-refractivity contribution in [2.24, 2.45) is 0 Å². The van der Waals surface area contributed by atoms with E-state index >= 15 is 0 Å². The van der Waals surface area contributed by atoms with E-state index in [0.29, 0.717) is 0 Å². The lowest BCUT2D eigenvalue weighted by atomic mass is 10.0. The molecule has 42 heavy (non-hydrogen) atoms. The molecule has 1 atom stereocenters. The minimum atomic E-state index is -3.48. The lowest BCUT2D eigenvalue weighted by Gasteiger charge is -2.30. The van der Waals surface area contributed by atoms with Crippen LogP contribution in [0.1, 0.15) is 45.8 Å². The third-order valence-corrected chi connectivity index (χ3v) is 9.43. The minimum absolute atomic E-state index is 0.244. The molecule has 0 aliphatic heterocycles. The topological polar surface area (TPSA) is 94.7 Å². The number of ether oxygens (including phenoxy) is 1. The van der Waals surface area contributed by atoms with Gasteiger partial charge < -0.3 is 9.72 Å². The second kappa shape index (κ2) is 13.0. The number of hydrogen-bond donors (Lipinski definition) is 2. The summed E-state index contributed by atoms with van der Waals surface area (Å²) in [5.41, 5.74) is 8.18. The van der Waals surface area contributed by atoms with E-state index in [2.05, 4.69) is 69.3 Å². The number of nitrogens with one attached hydrogen (secondary N) is 2. The number of para-hydroxylation sites is 1.